The largest absolute Gasteiger partial charge is 0.357 e. The molecular weight excluding hydrogens is 446 g/mol. The van der Waals surface area contributed by atoms with E-state index >= 15 is 0 Å². The van der Waals surface area contributed by atoms with Gasteiger partial charge in [0.2, 0.25) is 15.5 Å². The molecule has 3 rings (SSSR count). The molecule has 0 N–H and O–H groups in total. The number of sulfonamides is 1. The Bertz CT molecular complexity index is 1210. The van der Waals surface area contributed by atoms with Crippen LogP contribution < -0.4 is 10.3 Å². The predicted molar refractivity (Wildman–Crippen MR) is 131 cm³/mol. The minimum Gasteiger partial charge on any atom is -0.357 e. The lowest BCUT2D eigenvalue weighted by Crippen LogP contribution is -2.35. The van der Waals surface area contributed by atoms with Crippen molar-refractivity contribution in [1.82, 2.24) is 18.8 Å². The van der Waals surface area contributed by atoms with Crippen LogP contribution in [0.2, 0.25) is 0 Å². The highest BCUT2D eigenvalue weighted by Gasteiger charge is 2.28. The van der Waals surface area contributed by atoms with Gasteiger partial charge in [-0.3, -0.25) is 9.36 Å². The molecule has 32 heavy (non-hydrogen) atoms. The van der Waals surface area contributed by atoms with Gasteiger partial charge in [0, 0.05) is 44.0 Å². The number of pyridine rings is 2. The van der Waals surface area contributed by atoms with Crippen LogP contribution in [0.4, 0.5) is 5.82 Å². The minimum absolute atomic E-state index is 0.247. The molecule has 0 unspecified atom stereocenters. The van der Waals surface area contributed by atoms with E-state index in [9.17, 15) is 13.2 Å². The first-order valence-electron chi connectivity index (χ1n) is 11.1. The standard InChI is InChI=1S/C22H31N5O3S2/c1-5-9-14-25(7-3)19-11-10-17-20(28)18(32(29,30)26(8-4)13-6-2)16-27(21(17)24-19)22-23-12-15-31-22/h10-12,15-16H,5-9,13-14H2,1-4H3. The Kier molecular flexibility index (Phi) is 8.02. The van der Waals surface area contributed by atoms with Crippen molar-refractivity contribution in [2.45, 2.75) is 51.9 Å². The van der Waals surface area contributed by atoms with Crippen molar-refractivity contribution < 1.29 is 8.42 Å². The van der Waals surface area contributed by atoms with Gasteiger partial charge in [0.25, 0.3) is 0 Å². The first-order valence-corrected chi connectivity index (χ1v) is 13.4. The van der Waals surface area contributed by atoms with Crippen LogP contribution in [0.3, 0.4) is 0 Å². The van der Waals surface area contributed by atoms with E-state index in [2.05, 4.69) is 23.7 Å². The highest BCUT2D eigenvalue weighted by molar-refractivity contribution is 7.89. The van der Waals surface area contributed by atoms with Crippen molar-refractivity contribution in [2.24, 2.45) is 0 Å². The highest BCUT2D eigenvalue weighted by Crippen LogP contribution is 2.24. The minimum atomic E-state index is -3.95. The van der Waals surface area contributed by atoms with Crippen molar-refractivity contribution in [2.75, 3.05) is 31.1 Å². The van der Waals surface area contributed by atoms with Crippen LogP contribution in [0, 0.1) is 0 Å². The second-order valence-electron chi connectivity index (χ2n) is 7.48. The normalized spacial score (nSPS) is 12.0. The van der Waals surface area contributed by atoms with Crippen molar-refractivity contribution in [3.63, 3.8) is 0 Å². The molecular formula is C22H31N5O3S2. The Morgan fingerprint density at radius 1 is 1.06 bits per heavy atom. The number of hydrogen-bond acceptors (Lipinski definition) is 7. The van der Waals surface area contributed by atoms with Gasteiger partial charge in [-0.2, -0.15) is 4.31 Å². The number of aromatic nitrogens is 3. The number of rotatable bonds is 11. The topological polar surface area (TPSA) is 88.4 Å². The number of unbranched alkanes of at least 4 members (excludes halogenated alkanes) is 1. The zero-order valence-corrected chi connectivity index (χ0v) is 20.7. The van der Waals surface area contributed by atoms with Crippen LogP contribution >= 0.6 is 11.3 Å². The molecule has 0 saturated carbocycles. The molecule has 3 heterocycles. The summed E-state index contributed by atoms with van der Waals surface area (Å²) in [4.78, 5) is 24.4. The van der Waals surface area contributed by atoms with Crippen molar-refractivity contribution in [3.05, 3.63) is 40.1 Å². The average Bonchev–Trinajstić information content (AvgIpc) is 3.32. The van der Waals surface area contributed by atoms with E-state index in [4.69, 9.17) is 4.98 Å². The van der Waals surface area contributed by atoms with Gasteiger partial charge in [-0.15, -0.1) is 11.3 Å². The van der Waals surface area contributed by atoms with Gasteiger partial charge in [0.15, 0.2) is 10.8 Å². The van der Waals surface area contributed by atoms with Crippen LogP contribution in [0.15, 0.2) is 39.6 Å². The van der Waals surface area contributed by atoms with Crippen molar-refractivity contribution >= 4 is 38.2 Å². The summed E-state index contributed by atoms with van der Waals surface area (Å²) in [5.41, 5.74) is -0.118. The van der Waals surface area contributed by atoms with E-state index in [1.165, 1.54) is 21.8 Å². The monoisotopic (exact) mass is 477 g/mol. The maximum absolute atomic E-state index is 13.4. The Labute approximate surface area is 193 Å². The summed E-state index contributed by atoms with van der Waals surface area (Å²) >= 11 is 1.36. The van der Waals surface area contributed by atoms with E-state index < -0.39 is 15.5 Å². The van der Waals surface area contributed by atoms with E-state index in [1.54, 1.807) is 29.8 Å². The molecule has 0 aliphatic heterocycles. The van der Waals surface area contributed by atoms with E-state index in [0.717, 1.165) is 31.7 Å². The molecule has 0 aromatic carbocycles. The second kappa shape index (κ2) is 10.5. The molecule has 8 nitrogen and oxygen atoms in total. The lowest BCUT2D eigenvalue weighted by molar-refractivity contribution is 0.426. The third-order valence-electron chi connectivity index (χ3n) is 5.36. The molecule has 0 radical (unpaired) electrons. The fraction of sp³-hybridized carbons (Fsp3) is 0.500. The van der Waals surface area contributed by atoms with Crippen LogP contribution in [0.5, 0.6) is 0 Å². The van der Waals surface area contributed by atoms with Gasteiger partial charge in [-0.05, 0) is 31.9 Å². The molecule has 3 aromatic rings. The smallest absolute Gasteiger partial charge is 0.248 e. The molecule has 0 aliphatic carbocycles. The van der Waals surface area contributed by atoms with Gasteiger partial charge < -0.3 is 4.90 Å². The molecule has 0 fully saturated rings. The lowest BCUT2D eigenvalue weighted by Gasteiger charge is -2.23. The Morgan fingerprint density at radius 3 is 2.44 bits per heavy atom. The zero-order valence-electron chi connectivity index (χ0n) is 19.1. The fourth-order valence-corrected chi connectivity index (χ4v) is 5.87. The van der Waals surface area contributed by atoms with Gasteiger partial charge in [-0.1, -0.05) is 27.2 Å². The van der Waals surface area contributed by atoms with E-state index in [-0.39, 0.29) is 10.3 Å². The van der Waals surface area contributed by atoms with Crippen LogP contribution in [0.1, 0.15) is 47.0 Å². The summed E-state index contributed by atoms with van der Waals surface area (Å²) in [7, 11) is -3.95. The van der Waals surface area contributed by atoms with Gasteiger partial charge in [-0.25, -0.2) is 18.4 Å². The maximum atomic E-state index is 13.4. The number of anilines is 1. The molecule has 10 heteroatoms. The Hall–Kier alpha value is -2.30. The fourth-order valence-electron chi connectivity index (χ4n) is 3.63. The molecule has 0 spiro atoms. The van der Waals surface area contributed by atoms with Crippen molar-refractivity contribution in [1.29, 1.82) is 0 Å². The molecule has 0 saturated heterocycles. The quantitative estimate of drug-likeness (QED) is 0.416. The molecule has 3 aromatic heterocycles. The van der Waals surface area contributed by atoms with Crippen LogP contribution in [-0.4, -0.2) is 53.4 Å². The summed E-state index contributed by atoms with van der Waals surface area (Å²) < 4.78 is 29.7. The number of fused-ring (bicyclic) bond motifs is 1. The Morgan fingerprint density at radius 2 is 1.84 bits per heavy atom. The number of thiazole rings is 1. The van der Waals surface area contributed by atoms with Gasteiger partial charge in [0.05, 0.1) is 5.39 Å². The molecule has 0 aliphatic rings. The third kappa shape index (κ3) is 4.72. The van der Waals surface area contributed by atoms with Crippen LogP contribution in [0.25, 0.3) is 16.2 Å². The molecule has 0 bridgehead atoms. The summed E-state index contributed by atoms with van der Waals surface area (Å²) in [6.45, 7) is 10.2. The van der Waals surface area contributed by atoms with Gasteiger partial charge >= 0.3 is 0 Å². The highest BCUT2D eigenvalue weighted by atomic mass is 32.2. The second-order valence-corrected chi connectivity index (χ2v) is 10.3. The predicted octanol–water partition coefficient (Wildman–Crippen LogP) is 3.89. The number of hydrogen-bond donors (Lipinski definition) is 0. The molecule has 174 valence electrons. The third-order valence-corrected chi connectivity index (χ3v) is 8.10. The average molecular weight is 478 g/mol. The van der Waals surface area contributed by atoms with Crippen molar-refractivity contribution in [3.8, 4) is 5.13 Å². The summed E-state index contributed by atoms with van der Waals surface area (Å²) in [5, 5.41) is 2.64. The van der Waals surface area contributed by atoms with E-state index in [0.29, 0.717) is 30.3 Å². The van der Waals surface area contributed by atoms with Gasteiger partial charge in [0.1, 0.15) is 10.7 Å². The maximum Gasteiger partial charge on any atom is 0.248 e. The summed E-state index contributed by atoms with van der Waals surface area (Å²) in [5.74, 6) is 0.759. The lowest BCUT2D eigenvalue weighted by atomic mass is 10.2. The first kappa shape index (κ1) is 24.3. The van der Waals surface area contributed by atoms with Crippen LogP contribution in [-0.2, 0) is 10.0 Å². The zero-order chi connectivity index (χ0) is 23.3. The van der Waals surface area contributed by atoms with E-state index in [1.807, 2.05) is 12.3 Å². The SMILES string of the molecule is CCCCN(CC)c1ccc2c(=O)c(S(=O)(=O)N(CC)CCC)cn(-c3nccs3)c2n1. The summed E-state index contributed by atoms with van der Waals surface area (Å²) in [6.07, 6.45) is 5.80. The first-order chi connectivity index (χ1) is 15.4. The summed E-state index contributed by atoms with van der Waals surface area (Å²) in [6, 6.07) is 3.49. The number of nitrogens with zero attached hydrogens (tertiary/aromatic N) is 5. The molecule has 0 atom stereocenters. The molecule has 0 amide bonds. The Balaban J connectivity index is 2.27.